The Hall–Kier alpha value is -2.18. The Morgan fingerprint density at radius 1 is 1.52 bits per heavy atom. The van der Waals surface area contributed by atoms with Crippen molar-refractivity contribution in [2.24, 2.45) is 5.41 Å². The van der Waals surface area contributed by atoms with Gasteiger partial charge in [0, 0.05) is 6.54 Å². The molecule has 0 bridgehead atoms. The molecule has 0 saturated heterocycles. The Bertz CT molecular complexity index is 580. The Kier molecular flexibility index (Phi) is 4.11. The second kappa shape index (κ2) is 5.67. The lowest BCUT2D eigenvalue weighted by molar-refractivity contribution is -0.385. The average Bonchev–Trinajstić information content (AvgIpc) is 2.40. The van der Waals surface area contributed by atoms with Crippen molar-refractivity contribution in [3.05, 3.63) is 33.6 Å². The number of anilines is 1. The first-order chi connectivity index (χ1) is 9.88. The summed E-state index contributed by atoms with van der Waals surface area (Å²) in [6.45, 7) is 2.53. The summed E-state index contributed by atoms with van der Waals surface area (Å²) in [5, 5.41) is 13.6. The molecule has 21 heavy (non-hydrogen) atoms. The maximum absolute atomic E-state index is 13.3. The van der Waals surface area contributed by atoms with Crippen LogP contribution in [0.5, 0.6) is 0 Å². The maximum atomic E-state index is 13.3. The molecule has 0 aromatic heterocycles. The van der Waals surface area contributed by atoms with Gasteiger partial charge in [0.25, 0.3) is 11.6 Å². The minimum absolute atomic E-state index is 0.0933. The number of nitrogen functional groups attached to an aromatic ring is 1. The summed E-state index contributed by atoms with van der Waals surface area (Å²) in [6.07, 6.45) is 4.16. The van der Waals surface area contributed by atoms with Crippen LogP contribution in [-0.4, -0.2) is 17.4 Å². The van der Waals surface area contributed by atoms with Gasteiger partial charge in [0.2, 0.25) is 0 Å². The van der Waals surface area contributed by atoms with Crippen molar-refractivity contribution in [2.75, 3.05) is 12.3 Å². The highest BCUT2D eigenvalue weighted by Crippen LogP contribution is 2.43. The van der Waals surface area contributed by atoms with Gasteiger partial charge < -0.3 is 11.1 Å². The molecule has 114 valence electrons. The maximum Gasteiger partial charge on any atom is 0.285 e. The molecule has 3 N–H and O–H groups in total. The zero-order valence-corrected chi connectivity index (χ0v) is 11.8. The van der Waals surface area contributed by atoms with E-state index in [1.165, 1.54) is 0 Å². The quantitative estimate of drug-likeness (QED) is 0.495. The number of nitrogens with zero attached hydrogens (tertiary/aromatic N) is 1. The third kappa shape index (κ3) is 2.96. The first-order valence-corrected chi connectivity index (χ1v) is 6.90. The van der Waals surface area contributed by atoms with E-state index in [2.05, 4.69) is 12.2 Å². The van der Waals surface area contributed by atoms with Gasteiger partial charge in [-0.3, -0.25) is 14.9 Å². The molecule has 0 unspecified atom stereocenters. The predicted octanol–water partition coefficient (Wildman–Crippen LogP) is 2.63. The van der Waals surface area contributed by atoms with E-state index in [9.17, 15) is 19.3 Å². The second-order valence-corrected chi connectivity index (χ2v) is 5.54. The van der Waals surface area contributed by atoms with Gasteiger partial charge in [-0.1, -0.05) is 13.3 Å². The minimum Gasteiger partial charge on any atom is -0.396 e. The molecule has 7 heteroatoms. The lowest BCUT2D eigenvalue weighted by atomic mass is 9.67. The van der Waals surface area contributed by atoms with Crippen LogP contribution in [0, 0.1) is 21.3 Å². The smallest absolute Gasteiger partial charge is 0.285 e. The highest BCUT2D eigenvalue weighted by molar-refractivity contribution is 5.99. The van der Waals surface area contributed by atoms with Gasteiger partial charge in [-0.05, 0) is 30.7 Å². The van der Waals surface area contributed by atoms with Crippen molar-refractivity contribution >= 4 is 17.3 Å². The topological polar surface area (TPSA) is 98.3 Å². The van der Waals surface area contributed by atoms with Crippen molar-refractivity contribution in [1.29, 1.82) is 0 Å². The number of carbonyl (C=O) groups excluding carboxylic acids is 1. The average molecular weight is 295 g/mol. The lowest BCUT2D eigenvalue weighted by Gasteiger charge is -2.41. The summed E-state index contributed by atoms with van der Waals surface area (Å²) in [6, 6.07) is 1.70. The number of rotatable bonds is 5. The van der Waals surface area contributed by atoms with E-state index in [1.54, 1.807) is 0 Å². The van der Waals surface area contributed by atoms with Crippen LogP contribution in [0.25, 0.3) is 0 Å². The summed E-state index contributed by atoms with van der Waals surface area (Å²) in [5.74, 6) is -1.49. The molecule has 1 amide bonds. The van der Waals surface area contributed by atoms with Crippen LogP contribution in [0.4, 0.5) is 15.8 Å². The monoisotopic (exact) mass is 295 g/mol. The molecule has 6 nitrogen and oxygen atoms in total. The van der Waals surface area contributed by atoms with E-state index < -0.39 is 22.3 Å². The van der Waals surface area contributed by atoms with Crippen LogP contribution < -0.4 is 11.1 Å². The van der Waals surface area contributed by atoms with Gasteiger partial charge in [0.05, 0.1) is 16.7 Å². The molecule has 0 radical (unpaired) electrons. The van der Waals surface area contributed by atoms with E-state index in [0.29, 0.717) is 12.6 Å². The van der Waals surface area contributed by atoms with E-state index in [0.717, 1.165) is 31.7 Å². The molecule has 0 heterocycles. The number of hydrogen-bond donors (Lipinski definition) is 2. The van der Waals surface area contributed by atoms with E-state index >= 15 is 0 Å². The summed E-state index contributed by atoms with van der Waals surface area (Å²) in [5.41, 5.74) is 4.44. The molecule has 1 aliphatic rings. The number of nitro groups is 1. The molecular weight excluding hydrogens is 277 g/mol. The number of benzene rings is 1. The third-order valence-electron chi connectivity index (χ3n) is 4.34. The first-order valence-electron chi connectivity index (χ1n) is 6.90. The standard InChI is InChI=1S/C14H18FN3O3/c1-2-14(4-3-5-14)8-17-13(19)9-6-11(16)10(15)7-12(9)18(20)21/h6-7H,2-5,8,16H2,1H3,(H,17,19). The van der Waals surface area contributed by atoms with Crippen LogP contribution >= 0.6 is 0 Å². The molecule has 1 aromatic carbocycles. The van der Waals surface area contributed by atoms with Crippen molar-refractivity contribution < 1.29 is 14.1 Å². The van der Waals surface area contributed by atoms with Gasteiger partial charge in [-0.15, -0.1) is 0 Å². The minimum atomic E-state index is -0.901. The van der Waals surface area contributed by atoms with Gasteiger partial charge >= 0.3 is 0 Å². The number of nitro benzene ring substituents is 1. The second-order valence-electron chi connectivity index (χ2n) is 5.54. The molecule has 1 aliphatic carbocycles. The molecule has 1 fully saturated rings. The predicted molar refractivity (Wildman–Crippen MR) is 76.4 cm³/mol. The number of halogens is 1. The Labute approximate surface area is 121 Å². The Balaban J connectivity index is 2.18. The van der Waals surface area contributed by atoms with Crippen LogP contribution in [-0.2, 0) is 0 Å². The Morgan fingerprint density at radius 3 is 2.67 bits per heavy atom. The number of nitrogens with two attached hydrogens (primary N) is 1. The highest BCUT2D eigenvalue weighted by Gasteiger charge is 2.35. The summed E-state index contributed by atoms with van der Waals surface area (Å²) < 4.78 is 13.3. The molecule has 1 saturated carbocycles. The van der Waals surface area contributed by atoms with Crippen LogP contribution in [0.3, 0.4) is 0 Å². The van der Waals surface area contributed by atoms with Crippen LogP contribution in [0.2, 0.25) is 0 Å². The van der Waals surface area contributed by atoms with E-state index in [1.807, 2.05) is 0 Å². The van der Waals surface area contributed by atoms with Gasteiger partial charge in [-0.25, -0.2) is 4.39 Å². The van der Waals surface area contributed by atoms with Gasteiger partial charge in [0.15, 0.2) is 5.82 Å². The number of carbonyl (C=O) groups is 1. The van der Waals surface area contributed by atoms with Crippen molar-refractivity contribution in [3.63, 3.8) is 0 Å². The van der Waals surface area contributed by atoms with Crippen molar-refractivity contribution in [3.8, 4) is 0 Å². The van der Waals surface area contributed by atoms with Crippen molar-refractivity contribution in [2.45, 2.75) is 32.6 Å². The Morgan fingerprint density at radius 2 is 2.19 bits per heavy atom. The normalized spacial score (nSPS) is 16.1. The first kappa shape index (κ1) is 15.2. The lowest BCUT2D eigenvalue weighted by Crippen LogP contribution is -2.41. The summed E-state index contributed by atoms with van der Waals surface area (Å²) in [4.78, 5) is 22.3. The molecule has 2 rings (SSSR count). The van der Waals surface area contributed by atoms with Crippen molar-refractivity contribution in [1.82, 2.24) is 5.32 Å². The van der Waals surface area contributed by atoms with Gasteiger partial charge in [0.1, 0.15) is 5.56 Å². The zero-order chi connectivity index (χ0) is 15.6. The fraction of sp³-hybridized carbons (Fsp3) is 0.500. The number of amides is 1. The molecule has 0 aliphatic heterocycles. The zero-order valence-electron chi connectivity index (χ0n) is 11.8. The third-order valence-corrected chi connectivity index (χ3v) is 4.34. The summed E-state index contributed by atoms with van der Waals surface area (Å²) >= 11 is 0. The van der Waals surface area contributed by atoms with Gasteiger partial charge in [-0.2, -0.15) is 0 Å². The van der Waals surface area contributed by atoms with E-state index in [4.69, 9.17) is 5.73 Å². The number of nitrogens with one attached hydrogen (secondary N) is 1. The molecule has 0 atom stereocenters. The number of hydrogen-bond acceptors (Lipinski definition) is 4. The van der Waals surface area contributed by atoms with E-state index in [-0.39, 0.29) is 16.7 Å². The highest BCUT2D eigenvalue weighted by atomic mass is 19.1. The van der Waals surface area contributed by atoms with Crippen LogP contribution in [0.15, 0.2) is 12.1 Å². The fourth-order valence-corrected chi connectivity index (χ4v) is 2.61. The SMILES string of the molecule is CCC1(CNC(=O)c2cc(N)c(F)cc2[N+](=O)[O-])CCC1. The van der Waals surface area contributed by atoms with Crippen LogP contribution in [0.1, 0.15) is 43.0 Å². The summed E-state index contributed by atoms with van der Waals surface area (Å²) in [7, 11) is 0. The molecule has 0 spiro atoms. The molecular formula is C14H18FN3O3. The molecule has 1 aromatic rings. The largest absolute Gasteiger partial charge is 0.396 e. The fourth-order valence-electron chi connectivity index (χ4n) is 2.61.